The summed E-state index contributed by atoms with van der Waals surface area (Å²) in [4.78, 5) is 0.849. The second kappa shape index (κ2) is 7.85. The number of nitrogens with one attached hydrogen (secondary N) is 2. The zero-order chi connectivity index (χ0) is 18.8. The molecule has 5 heteroatoms. The van der Waals surface area contributed by atoms with Gasteiger partial charge in [0.05, 0.1) is 4.88 Å². The number of amidine groups is 1. The van der Waals surface area contributed by atoms with Crippen LogP contribution in [-0.4, -0.2) is 11.9 Å². The van der Waals surface area contributed by atoms with E-state index in [1.165, 1.54) is 28.0 Å². The zero-order valence-corrected chi connectivity index (χ0v) is 16.5. The van der Waals surface area contributed by atoms with Gasteiger partial charge in [0.2, 0.25) is 0 Å². The van der Waals surface area contributed by atoms with Crippen LogP contribution < -0.4 is 11.1 Å². The van der Waals surface area contributed by atoms with E-state index in [0.29, 0.717) is 6.04 Å². The molecule has 138 valence electrons. The van der Waals surface area contributed by atoms with Crippen LogP contribution in [-0.2, 0) is 19.4 Å². The maximum absolute atomic E-state index is 7.78. The standard InChI is InChI=1S/C22H22ClN3S/c23-18-3-1-2-14(10-18)13-26-19-7-6-15-4-5-16(11-17(15)12-19)20-8-9-27-21(20)22(24)25/h1-5,8-11,19,26H,6-7,12-13H2,(H3,24,25). The molecule has 0 spiro atoms. The van der Waals surface area contributed by atoms with Crippen LogP contribution in [0.4, 0.5) is 0 Å². The van der Waals surface area contributed by atoms with Gasteiger partial charge >= 0.3 is 0 Å². The Kier molecular flexibility index (Phi) is 5.30. The molecule has 2 aromatic carbocycles. The van der Waals surface area contributed by atoms with Crippen molar-refractivity contribution in [2.45, 2.75) is 31.8 Å². The van der Waals surface area contributed by atoms with Crippen molar-refractivity contribution in [3.05, 3.63) is 80.5 Å². The number of hydrogen-bond donors (Lipinski definition) is 3. The van der Waals surface area contributed by atoms with E-state index in [1.54, 1.807) is 0 Å². The van der Waals surface area contributed by atoms with E-state index in [2.05, 4.69) is 35.6 Å². The monoisotopic (exact) mass is 395 g/mol. The summed E-state index contributed by atoms with van der Waals surface area (Å²) in [6.07, 6.45) is 3.25. The van der Waals surface area contributed by atoms with Crippen molar-refractivity contribution in [2.75, 3.05) is 0 Å². The number of halogens is 1. The van der Waals surface area contributed by atoms with E-state index in [1.807, 2.05) is 23.6 Å². The van der Waals surface area contributed by atoms with Crippen LogP contribution in [0.25, 0.3) is 11.1 Å². The molecule has 0 amide bonds. The average molecular weight is 396 g/mol. The lowest BCUT2D eigenvalue weighted by Crippen LogP contribution is -2.34. The first-order valence-corrected chi connectivity index (χ1v) is 10.4. The van der Waals surface area contributed by atoms with Crippen LogP contribution in [0.2, 0.25) is 5.02 Å². The van der Waals surface area contributed by atoms with Crippen molar-refractivity contribution < 1.29 is 0 Å². The molecular weight excluding hydrogens is 374 g/mol. The van der Waals surface area contributed by atoms with Gasteiger partial charge in [0.1, 0.15) is 5.84 Å². The molecule has 1 heterocycles. The molecule has 4 N–H and O–H groups in total. The first-order chi connectivity index (χ1) is 13.1. The van der Waals surface area contributed by atoms with E-state index in [0.717, 1.165) is 46.8 Å². The molecule has 0 saturated heterocycles. The van der Waals surface area contributed by atoms with Crippen molar-refractivity contribution in [3.63, 3.8) is 0 Å². The molecule has 0 radical (unpaired) electrons. The highest BCUT2D eigenvalue weighted by Gasteiger charge is 2.19. The third-order valence-electron chi connectivity index (χ3n) is 5.14. The van der Waals surface area contributed by atoms with E-state index >= 15 is 0 Å². The van der Waals surface area contributed by atoms with Crippen molar-refractivity contribution in [1.82, 2.24) is 5.32 Å². The third kappa shape index (κ3) is 4.08. The second-order valence-electron chi connectivity index (χ2n) is 7.01. The maximum atomic E-state index is 7.78. The Hall–Kier alpha value is -2.14. The molecule has 1 atom stereocenters. The van der Waals surface area contributed by atoms with Gasteiger partial charge < -0.3 is 11.1 Å². The van der Waals surface area contributed by atoms with Crippen LogP contribution in [0.15, 0.2) is 53.9 Å². The predicted octanol–water partition coefficient (Wildman–Crippen LogP) is 5.00. The lowest BCUT2D eigenvalue weighted by Gasteiger charge is -2.26. The first kappa shape index (κ1) is 18.2. The number of nitrogens with two attached hydrogens (primary N) is 1. The second-order valence-corrected chi connectivity index (χ2v) is 8.36. The largest absolute Gasteiger partial charge is 0.383 e. The smallest absolute Gasteiger partial charge is 0.133 e. The van der Waals surface area contributed by atoms with Crippen molar-refractivity contribution in [2.24, 2.45) is 5.73 Å². The molecule has 1 aromatic heterocycles. The van der Waals surface area contributed by atoms with Gasteiger partial charge in [0, 0.05) is 23.2 Å². The van der Waals surface area contributed by atoms with Crippen LogP contribution >= 0.6 is 22.9 Å². The fourth-order valence-corrected chi connectivity index (χ4v) is 4.75. The number of nitrogen functional groups attached to an aromatic ring is 1. The fourth-order valence-electron chi connectivity index (χ4n) is 3.75. The average Bonchev–Trinajstić information content (AvgIpc) is 3.16. The molecule has 0 fully saturated rings. The Morgan fingerprint density at radius 3 is 2.89 bits per heavy atom. The van der Waals surface area contributed by atoms with Crippen molar-refractivity contribution in [3.8, 4) is 11.1 Å². The molecule has 27 heavy (non-hydrogen) atoms. The van der Waals surface area contributed by atoms with Crippen molar-refractivity contribution >= 4 is 28.8 Å². The molecule has 0 saturated carbocycles. The van der Waals surface area contributed by atoms with Crippen LogP contribution in [0, 0.1) is 5.41 Å². The number of hydrogen-bond acceptors (Lipinski definition) is 3. The summed E-state index contributed by atoms with van der Waals surface area (Å²) in [5.41, 5.74) is 12.0. The number of thiophene rings is 1. The molecule has 4 rings (SSSR count). The lowest BCUT2D eigenvalue weighted by atomic mass is 9.86. The summed E-state index contributed by atoms with van der Waals surface area (Å²) < 4.78 is 0. The molecule has 3 nitrogen and oxygen atoms in total. The fraction of sp³-hybridized carbons (Fsp3) is 0.227. The number of benzene rings is 2. The van der Waals surface area contributed by atoms with Gasteiger partial charge in [-0.25, -0.2) is 0 Å². The zero-order valence-electron chi connectivity index (χ0n) is 15.0. The Bertz CT molecular complexity index is 979. The van der Waals surface area contributed by atoms with Crippen LogP contribution in [0.3, 0.4) is 0 Å². The summed E-state index contributed by atoms with van der Waals surface area (Å²) in [6, 6.07) is 17.2. The highest BCUT2D eigenvalue weighted by atomic mass is 35.5. The molecule has 0 aliphatic heterocycles. The summed E-state index contributed by atoms with van der Waals surface area (Å²) >= 11 is 7.61. The SMILES string of the molecule is N=C(N)c1sccc1-c1ccc2c(c1)CC(NCc1cccc(Cl)c1)CC2. The van der Waals surface area contributed by atoms with Crippen LogP contribution in [0.5, 0.6) is 0 Å². The minimum atomic E-state index is 0.138. The predicted molar refractivity (Wildman–Crippen MR) is 115 cm³/mol. The minimum absolute atomic E-state index is 0.138. The number of rotatable bonds is 5. The van der Waals surface area contributed by atoms with Gasteiger partial charge in [-0.15, -0.1) is 11.3 Å². The van der Waals surface area contributed by atoms with Crippen molar-refractivity contribution in [1.29, 1.82) is 5.41 Å². The van der Waals surface area contributed by atoms with Gasteiger partial charge in [-0.1, -0.05) is 41.9 Å². The van der Waals surface area contributed by atoms with Gasteiger partial charge in [-0.2, -0.15) is 0 Å². The molecule has 3 aromatic rings. The lowest BCUT2D eigenvalue weighted by molar-refractivity contribution is 0.458. The quantitative estimate of drug-likeness (QED) is 0.420. The third-order valence-corrected chi connectivity index (χ3v) is 6.32. The topological polar surface area (TPSA) is 61.9 Å². The summed E-state index contributed by atoms with van der Waals surface area (Å²) in [5, 5.41) is 14.2. The van der Waals surface area contributed by atoms with E-state index in [9.17, 15) is 0 Å². The molecular formula is C22H22ClN3S. The highest BCUT2D eigenvalue weighted by molar-refractivity contribution is 7.12. The van der Waals surface area contributed by atoms with E-state index in [-0.39, 0.29) is 5.84 Å². The van der Waals surface area contributed by atoms with Gasteiger partial charge in [-0.3, -0.25) is 5.41 Å². The number of fused-ring (bicyclic) bond motifs is 1. The number of aryl methyl sites for hydroxylation is 1. The molecule has 1 unspecified atom stereocenters. The molecule has 0 bridgehead atoms. The Balaban J connectivity index is 1.50. The Morgan fingerprint density at radius 1 is 1.19 bits per heavy atom. The molecule has 1 aliphatic rings. The Morgan fingerprint density at radius 2 is 2.07 bits per heavy atom. The van der Waals surface area contributed by atoms with Gasteiger partial charge in [0.25, 0.3) is 0 Å². The first-order valence-electron chi connectivity index (χ1n) is 9.12. The van der Waals surface area contributed by atoms with Crippen LogP contribution in [0.1, 0.15) is 28.0 Å². The van der Waals surface area contributed by atoms with E-state index in [4.69, 9.17) is 22.7 Å². The minimum Gasteiger partial charge on any atom is -0.383 e. The summed E-state index contributed by atoms with van der Waals surface area (Å²) in [6.45, 7) is 0.833. The maximum Gasteiger partial charge on any atom is 0.133 e. The summed E-state index contributed by atoms with van der Waals surface area (Å²) in [5.74, 6) is 0.138. The highest BCUT2D eigenvalue weighted by Crippen LogP contribution is 2.32. The van der Waals surface area contributed by atoms with E-state index < -0.39 is 0 Å². The summed E-state index contributed by atoms with van der Waals surface area (Å²) in [7, 11) is 0. The van der Waals surface area contributed by atoms with Gasteiger partial charge in [0.15, 0.2) is 0 Å². The van der Waals surface area contributed by atoms with Gasteiger partial charge in [-0.05, 0) is 65.1 Å². The molecule has 1 aliphatic carbocycles. The Labute approximate surface area is 168 Å². The normalized spacial score (nSPS) is 16.1.